The quantitative estimate of drug-likeness (QED) is 0.800. The van der Waals surface area contributed by atoms with Crippen molar-refractivity contribution in [3.63, 3.8) is 0 Å². The Kier molecular flexibility index (Phi) is 5.33. The van der Waals surface area contributed by atoms with Crippen LogP contribution in [0.4, 0.5) is 0 Å². The van der Waals surface area contributed by atoms with Crippen molar-refractivity contribution in [3.8, 4) is 0 Å². The first-order valence-corrected chi connectivity index (χ1v) is 10.6. The van der Waals surface area contributed by atoms with Crippen LogP contribution in [0.2, 0.25) is 0 Å². The summed E-state index contributed by atoms with van der Waals surface area (Å²) in [6, 6.07) is 0. The van der Waals surface area contributed by atoms with Crippen LogP contribution in [-0.4, -0.2) is 59.9 Å². The van der Waals surface area contributed by atoms with Gasteiger partial charge in [0.05, 0.1) is 10.3 Å². The van der Waals surface area contributed by atoms with Crippen LogP contribution < -0.4 is 0 Å². The molecule has 0 unspecified atom stereocenters. The number of hydrogen-bond acceptors (Lipinski definition) is 5. The zero-order valence-electron chi connectivity index (χ0n) is 13.2. The van der Waals surface area contributed by atoms with Crippen LogP contribution in [0.5, 0.6) is 0 Å². The molecule has 6 nitrogen and oxygen atoms in total. The maximum absolute atomic E-state index is 12.6. The summed E-state index contributed by atoms with van der Waals surface area (Å²) >= 11 is 1.56. The summed E-state index contributed by atoms with van der Waals surface area (Å²) in [4.78, 5) is 18.2. The number of hydrogen-bond donors (Lipinski definition) is 0. The van der Waals surface area contributed by atoms with Gasteiger partial charge in [-0.25, -0.2) is 17.7 Å². The molecule has 0 saturated carbocycles. The SMILES string of the molecule is O=C(CCc1nccs1)N1CCC(S(=O)(=O)N2CCCC2)CC1. The molecule has 0 bridgehead atoms. The number of amides is 1. The summed E-state index contributed by atoms with van der Waals surface area (Å²) in [5.41, 5.74) is 0. The first kappa shape index (κ1) is 16.9. The lowest BCUT2D eigenvalue weighted by Crippen LogP contribution is -2.46. The van der Waals surface area contributed by atoms with Gasteiger partial charge in [0.25, 0.3) is 0 Å². The van der Waals surface area contributed by atoms with Crippen molar-refractivity contribution >= 4 is 27.3 Å². The minimum absolute atomic E-state index is 0.109. The third-order valence-electron chi connectivity index (χ3n) is 4.68. The van der Waals surface area contributed by atoms with Crippen molar-refractivity contribution in [1.29, 1.82) is 0 Å². The second-order valence-electron chi connectivity index (χ2n) is 6.16. The monoisotopic (exact) mass is 357 g/mol. The lowest BCUT2D eigenvalue weighted by atomic mass is 10.1. The second-order valence-corrected chi connectivity index (χ2v) is 9.35. The van der Waals surface area contributed by atoms with Gasteiger partial charge < -0.3 is 4.90 Å². The summed E-state index contributed by atoms with van der Waals surface area (Å²) in [6.07, 6.45) is 5.92. The van der Waals surface area contributed by atoms with E-state index in [4.69, 9.17) is 0 Å². The number of aromatic nitrogens is 1. The van der Waals surface area contributed by atoms with E-state index in [9.17, 15) is 13.2 Å². The first-order chi connectivity index (χ1) is 11.1. The highest BCUT2D eigenvalue weighted by atomic mass is 32.2. The van der Waals surface area contributed by atoms with Crippen molar-refractivity contribution < 1.29 is 13.2 Å². The van der Waals surface area contributed by atoms with Gasteiger partial charge in [-0.1, -0.05) is 0 Å². The first-order valence-electron chi connectivity index (χ1n) is 8.22. The van der Waals surface area contributed by atoms with Crippen LogP contribution >= 0.6 is 11.3 Å². The molecule has 8 heteroatoms. The van der Waals surface area contributed by atoms with Crippen molar-refractivity contribution in [1.82, 2.24) is 14.2 Å². The van der Waals surface area contributed by atoms with Gasteiger partial charge in [0.1, 0.15) is 0 Å². The van der Waals surface area contributed by atoms with E-state index in [0.29, 0.717) is 51.9 Å². The normalized spacial score (nSPS) is 21.0. The number of thiazole rings is 1. The second kappa shape index (κ2) is 7.27. The number of likely N-dealkylation sites (tertiary alicyclic amines) is 1. The molecule has 1 amide bonds. The Labute approximate surface area is 141 Å². The third kappa shape index (κ3) is 3.92. The number of carbonyl (C=O) groups excluding carboxylic acids is 1. The molecule has 2 aliphatic heterocycles. The molecule has 0 aliphatic carbocycles. The van der Waals surface area contributed by atoms with Crippen molar-refractivity contribution in [2.45, 2.75) is 43.8 Å². The summed E-state index contributed by atoms with van der Waals surface area (Å²) in [5.74, 6) is 0.109. The summed E-state index contributed by atoms with van der Waals surface area (Å²) in [7, 11) is -3.17. The molecule has 2 aliphatic rings. The van der Waals surface area contributed by atoms with Gasteiger partial charge in [0.15, 0.2) is 0 Å². The van der Waals surface area contributed by atoms with Crippen molar-refractivity contribution in [2.75, 3.05) is 26.2 Å². The van der Waals surface area contributed by atoms with Crippen LogP contribution in [0.25, 0.3) is 0 Å². The molecule has 2 fully saturated rings. The molecular formula is C15H23N3O3S2. The fourth-order valence-electron chi connectivity index (χ4n) is 3.30. The van der Waals surface area contributed by atoms with Crippen LogP contribution in [0, 0.1) is 0 Å². The summed E-state index contributed by atoms with van der Waals surface area (Å²) in [5, 5.41) is 2.57. The van der Waals surface area contributed by atoms with Crippen LogP contribution in [0.1, 0.15) is 37.1 Å². The average molecular weight is 358 g/mol. The van der Waals surface area contributed by atoms with Gasteiger partial charge in [-0.2, -0.15) is 0 Å². The predicted octanol–water partition coefficient (Wildman–Crippen LogP) is 1.49. The number of rotatable bonds is 5. The Morgan fingerprint density at radius 2 is 1.91 bits per heavy atom. The van der Waals surface area contributed by atoms with Gasteiger partial charge in [-0.05, 0) is 25.7 Å². The molecule has 0 N–H and O–H groups in total. The van der Waals surface area contributed by atoms with Gasteiger partial charge in [-0.15, -0.1) is 11.3 Å². The van der Waals surface area contributed by atoms with Gasteiger partial charge in [-0.3, -0.25) is 4.79 Å². The predicted molar refractivity (Wildman–Crippen MR) is 89.8 cm³/mol. The highest BCUT2D eigenvalue weighted by Gasteiger charge is 2.36. The van der Waals surface area contributed by atoms with E-state index >= 15 is 0 Å². The van der Waals surface area contributed by atoms with Crippen LogP contribution in [0.3, 0.4) is 0 Å². The fourth-order valence-corrected chi connectivity index (χ4v) is 5.92. The van der Waals surface area contributed by atoms with E-state index in [-0.39, 0.29) is 11.2 Å². The van der Waals surface area contributed by atoms with E-state index in [2.05, 4.69) is 4.98 Å². The average Bonchev–Trinajstić information content (AvgIpc) is 3.26. The highest BCUT2D eigenvalue weighted by Crippen LogP contribution is 2.24. The maximum Gasteiger partial charge on any atom is 0.222 e. The molecular weight excluding hydrogens is 334 g/mol. The minimum atomic E-state index is -3.17. The Morgan fingerprint density at radius 1 is 1.22 bits per heavy atom. The molecule has 128 valence electrons. The molecule has 0 aromatic carbocycles. The number of nitrogens with zero attached hydrogens (tertiary/aromatic N) is 3. The van der Waals surface area contributed by atoms with E-state index in [1.807, 2.05) is 10.3 Å². The molecule has 0 spiro atoms. The van der Waals surface area contributed by atoms with E-state index < -0.39 is 10.0 Å². The molecule has 3 heterocycles. The Bertz CT molecular complexity index is 616. The Morgan fingerprint density at radius 3 is 2.52 bits per heavy atom. The molecule has 2 saturated heterocycles. The number of piperidine rings is 1. The van der Waals surface area contributed by atoms with E-state index in [1.165, 1.54) is 0 Å². The standard InChI is InChI=1S/C15H23N3O3S2/c19-15(4-3-14-16-7-12-22-14)17-10-5-13(6-11-17)23(20,21)18-8-1-2-9-18/h7,12-13H,1-6,8-11H2. The van der Waals surface area contributed by atoms with Gasteiger partial charge in [0, 0.05) is 50.6 Å². The van der Waals surface area contributed by atoms with Crippen molar-refractivity contribution in [2.24, 2.45) is 0 Å². The van der Waals surface area contributed by atoms with Gasteiger partial charge in [0.2, 0.25) is 15.9 Å². The van der Waals surface area contributed by atoms with Gasteiger partial charge >= 0.3 is 0 Å². The lowest BCUT2D eigenvalue weighted by Gasteiger charge is -2.33. The van der Waals surface area contributed by atoms with Crippen LogP contribution in [-0.2, 0) is 21.2 Å². The maximum atomic E-state index is 12.6. The number of aryl methyl sites for hydroxylation is 1. The molecule has 1 aromatic rings. The van der Waals surface area contributed by atoms with E-state index in [0.717, 1.165) is 17.8 Å². The molecule has 23 heavy (non-hydrogen) atoms. The summed E-state index contributed by atoms with van der Waals surface area (Å²) < 4.78 is 26.8. The molecule has 3 rings (SSSR count). The lowest BCUT2D eigenvalue weighted by molar-refractivity contribution is -0.132. The molecule has 0 radical (unpaired) electrons. The third-order valence-corrected chi connectivity index (χ3v) is 7.92. The largest absolute Gasteiger partial charge is 0.343 e. The Balaban J connectivity index is 1.48. The summed E-state index contributed by atoms with van der Waals surface area (Å²) in [6.45, 7) is 2.42. The smallest absolute Gasteiger partial charge is 0.222 e. The van der Waals surface area contributed by atoms with E-state index in [1.54, 1.807) is 21.8 Å². The number of sulfonamides is 1. The molecule has 1 aromatic heterocycles. The zero-order valence-corrected chi connectivity index (χ0v) is 14.8. The highest BCUT2D eigenvalue weighted by molar-refractivity contribution is 7.89. The minimum Gasteiger partial charge on any atom is -0.343 e. The topological polar surface area (TPSA) is 70.6 Å². The zero-order chi connectivity index (χ0) is 16.3. The van der Waals surface area contributed by atoms with Crippen LogP contribution in [0.15, 0.2) is 11.6 Å². The number of carbonyl (C=O) groups is 1. The van der Waals surface area contributed by atoms with Crippen molar-refractivity contribution in [3.05, 3.63) is 16.6 Å². The fraction of sp³-hybridized carbons (Fsp3) is 0.733. The molecule has 0 atom stereocenters. The Hall–Kier alpha value is -0.990.